The van der Waals surface area contributed by atoms with Crippen LogP contribution in [0.2, 0.25) is 0 Å². The molecule has 1 heterocycles. The highest BCUT2D eigenvalue weighted by Gasteiger charge is 2.15. The molecule has 3 aromatic rings. The topological polar surface area (TPSA) is 92.5 Å². The van der Waals surface area contributed by atoms with Crippen molar-refractivity contribution in [2.45, 2.75) is 13.3 Å². The number of ether oxygens (including phenoxy) is 2. The molecule has 0 fully saturated rings. The van der Waals surface area contributed by atoms with Gasteiger partial charge in [-0.2, -0.15) is 0 Å². The quantitative estimate of drug-likeness (QED) is 0.573. The summed E-state index contributed by atoms with van der Waals surface area (Å²) in [4.78, 5) is 27.6. The van der Waals surface area contributed by atoms with Gasteiger partial charge in [-0.3, -0.25) is 9.59 Å². The number of nitrogens with one attached hydrogen (secondary N) is 3. The summed E-state index contributed by atoms with van der Waals surface area (Å²) in [6.45, 7) is 2.36. The molecule has 0 saturated carbocycles. The fourth-order valence-corrected chi connectivity index (χ4v) is 3.14. The van der Waals surface area contributed by atoms with Crippen LogP contribution < -0.4 is 20.1 Å². The second kappa shape index (κ2) is 8.47. The highest BCUT2D eigenvalue weighted by Crippen LogP contribution is 2.29. The number of anilines is 1. The third-order valence-electron chi connectivity index (χ3n) is 4.54. The standard InChI is InChI=1S/C21H23N3O4/c1-13-15(16-6-4-5-7-17(16)23-13)10-11-22-20(25)21(26)24-14-8-9-18(27-2)19(12-14)28-3/h4-9,12,23H,10-11H2,1-3H3,(H,22,25)(H,24,26). The van der Waals surface area contributed by atoms with E-state index in [9.17, 15) is 9.59 Å². The molecule has 0 spiro atoms. The van der Waals surface area contributed by atoms with Gasteiger partial charge in [0.1, 0.15) is 0 Å². The maximum absolute atomic E-state index is 12.1. The third-order valence-corrected chi connectivity index (χ3v) is 4.54. The molecule has 0 aliphatic rings. The summed E-state index contributed by atoms with van der Waals surface area (Å²) in [5.74, 6) is -0.412. The monoisotopic (exact) mass is 381 g/mol. The summed E-state index contributed by atoms with van der Waals surface area (Å²) in [6, 6.07) is 12.9. The van der Waals surface area contributed by atoms with Crippen LogP contribution in [0.25, 0.3) is 10.9 Å². The number of aromatic amines is 1. The Bertz CT molecular complexity index is 1010. The van der Waals surface area contributed by atoms with E-state index in [1.807, 2.05) is 31.2 Å². The minimum Gasteiger partial charge on any atom is -0.493 e. The number of hydrogen-bond donors (Lipinski definition) is 3. The van der Waals surface area contributed by atoms with Crippen molar-refractivity contribution in [3.63, 3.8) is 0 Å². The molecule has 2 aromatic carbocycles. The van der Waals surface area contributed by atoms with E-state index in [0.29, 0.717) is 30.2 Å². The number of aryl methyl sites for hydroxylation is 1. The number of para-hydroxylation sites is 1. The zero-order chi connectivity index (χ0) is 20.1. The van der Waals surface area contributed by atoms with Gasteiger partial charge in [-0.05, 0) is 37.1 Å². The number of benzene rings is 2. The molecular weight excluding hydrogens is 358 g/mol. The first-order chi connectivity index (χ1) is 13.5. The third kappa shape index (κ3) is 4.09. The lowest BCUT2D eigenvalue weighted by molar-refractivity contribution is -0.136. The predicted molar refractivity (Wildman–Crippen MR) is 108 cm³/mol. The summed E-state index contributed by atoms with van der Waals surface area (Å²) in [7, 11) is 3.03. The summed E-state index contributed by atoms with van der Waals surface area (Å²) < 4.78 is 10.3. The Morgan fingerprint density at radius 2 is 1.75 bits per heavy atom. The molecule has 2 amide bonds. The number of hydrogen-bond acceptors (Lipinski definition) is 4. The molecule has 0 radical (unpaired) electrons. The van der Waals surface area contributed by atoms with Crippen molar-refractivity contribution in [1.29, 1.82) is 0 Å². The van der Waals surface area contributed by atoms with E-state index < -0.39 is 11.8 Å². The van der Waals surface area contributed by atoms with Gasteiger partial charge in [-0.25, -0.2) is 0 Å². The van der Waals surface area contributed by atoms with Gasteiger partial charge in [0, 0.05) is 34.9 Å². The summed E-state index contributed by atoms with van der Waals surface area (Å²) in [6.07, 6.45) is 0.630. The SMILES string of the molecule is COc1ccc(NC(=O)C(=O)NCCc2c(C)[nH]c3ccccc23)cc1OC. The van der Waals surface area contributed by atoms with E-state index in [2.05, 4.69) is 15.6 Å². The first-order valence-corrected chi connectivity index (χ1v) is 8.91. The molecule has 1 aromatic heterocycles. The maximum Gasteiger partial charge on any atom is 0.313 e. The Balaban J connectivity index is 1.57. The van der Waals surface area contributed by atoms with Gasteiger partial charge in [-0.1, -0.05) is 18.2 Å². The molecule has 0 aliphatic heterocycles. The first kappa shape index (κ1) is 19.3. The second-order valence-corrected chi connectivity index (χ2v) is 6.30. The van der Waals surface area contributed by atoms with Crippen LogP contribution in [-0.2, 0) is 16.0 Å². The average molecular weight is 381 g/mol. The van der Waals surface area contributed by atoms with Crippen molar-refractivity contribution in [1.82, 2.24) is 10.3 Å². The van der Waals surface area contributed by atoms with Crippen molar-refractivity contribution in [3.05, 3.63) is 53.7 Å². The number of H-pyrrole nitrogens is 1. The lowest BCUT2D eigenvalue weighted by atomic mass is 10.1. The molecule has 146 valence electrons. The Hall–Kier alpha value is -3.48. The number of rotatable bonds is 6. The van der Waals surface area contributed by atoms with E-state index in [-0.39, 0.29) is 0 Å². The molecule has 3 rings (SSSR count). The van der Waals surface area contributed by atoms with Crippen molar-refractivity contribution >= 4 is 28.4 Å². The van der Waals surface area contributed by atoms with Gasteiger partial charge in [0.05, 0.1) is 14.2 Å². The molecule has 7 nitrogen and oxygen atoms in total. The lowest BCUT2D eigenvalue weighted by Gasteiger charge is -2.10. The number of amides is 2. The van der Waals surface area contributed by atoms with Crippen LogP contribution in [0.15, 0.2) is 42.5 Å². The second-order valence-electron chi connectivity index (χ2n) is 6.30. The van der Waals surface area contributed by atoms with Crippen molar-refractivity contribution in [3.8, 4) is 11.5 Å². The molecule has 3 N–H and O–H groups in total. The predicted octanol–water partition coefficient (Wildman–Crippen LogP) is 2.79. The zero-order valence-electron chi connectivity index (χ0n) is 16.1. The molecule has 0 bridgehead atoms. The fourth-order valence-electron chi connectivity index (χ4n) is 3.14. The van der Waals surface area contributed by atoms with Gasteiger partial charge >= 0.3 is 11.8 Å². The smallest absolute Gasteiger partial charge is 0.313 e. The summed E-state index contributed by atoms with van der Waals surface area (Å²) in [5.41, 5.74) is 3.71. The van der Waals surface area contributed by atoms with E-state index in [4.69, 9.17) is 9.47 Å². The fraction of sp³-hybridized carbons (Fsp3) is 0.238. The van der Waals surface area contributed by atoms with Crippen molar-refractivity contribution in [2.75, 3.05) is 26.1 Å². The van der Waals surface area contributed by atoms with E-state index in [1.54, 1.807) is 18.2 Å². The molecule has 7 heteroatoms. The Morgan fingerprint density at radius 1 is 1.00 bits per heavy atom. The molecule has 0 saturated heterocycles. The van der Waals surface area contributed by atoms with Gasteiger partial charge < -0.3 is 25.1 Å². The highest BCUT2D eigenvalue weighted by atomic mass is 16.5. The minimum absolute atomic E-state index is 0.362. The zero-order valence-corrected chi connectivity index (χ0v) is 16.1. The van der Waals surface area contributed by atoms with Gasteiger partial charge in [0.2, 0.25) is 0 Å². The van der Waals surface area contributed by atoms with Crippen LogP contribution in [0.3, 0.4) is 0 Å². The van der Waals surface area contributed by atoms with Crippen LogP contribution in [0, 0.1) is 6.92 Å². The minimum atomic E-state index is -0.733. The normalized spacial score (nSPS) is 10.5. The number of fused-ring (bicyclic) bond motifs is 1. The average Bonchev–Trinajstić information content (AvgIpc) is 3.03. The summed E-state index contributed by atoms with van der Waals surface area (Å²) >= 11 is 0. The number of carbonyl (C=O) groups is 2. The Labute approximate surface area is 163 Å². The van der Waals surface area contributed by atoms with Gasteiger partial charge in [0.25, 0.3) is 0 Å². The highest BCUT2D eigenvalue weighted by molar-refractivity contribution is 6.39. The Kier molecular flexibility index (Phi) is 5.84. The van der Waals surface area contributed by atoms with Crippen LogP contribution in [0.5, 0.6) is 11.5 Å². The molecule has 0 atom stereocenters. The van der Waals surface area contributed by atoms with Gasteiger partial charge in [-0.15, -0.1) is 0 Å². The lowest BCUT2D eigenvalue weighted by Crippen LogP contribution is -2.36. The van der Waals surface area contributed by atoms with Crippen molar-refractivity contribution < 1.29 is 19.1 Å². The van der Waals surface area contributed by atoms with E-state index in [0.717, 1.165) is 22.2 Å². The van der Waals surface area contributed by atoms with Gasteiger partial charge in [0.15, 0.2) is 11.5 Å². The number of methoxy groups -OCH3 is 2. The number of aromatic nitrogens is 1. The van der Waals surface area contributed by atoms with Crippen LogP contribution in [-0.4, -0.2) is 37.6 Å². The largest absolute Gasteiger partial charge is 0.493 e. The first-order valence-electron chi connectivity index (χ1n) is 8.91. The molecule has 0 unspecified atom stereocenters. The summed E-state index contributed by atoms with van der Waals surface area (Å²) in [5, 5.41) is 6.35. The van der Waals surface area contributed by atoms with Crippen LogP contribution in [0.4, 0.5) is 5.69 Å². The molecule has 0 aliphatic carbocycles. The van der Waals surface area contributed by atoms with Crippen LogP contribution >= 0.6 is 0 Å². The van der Waals surface area contributed by atoms with E-state index >= 15 is 0 Å². The Morgan fingerprint density at radius 3 is 2.50 bits per heavy atom. The van der Waals surface area contributed by atoms with E-state index in [1.165, 1.54) is 14.2 Å². The number of carbonyl (C=O) groups excluding carboxylic acids is 2. The molecular formula is C21H23N3O4. The van der Waals surface area contributed by atoms with Crippen molar-refractivity contribution in [2.24, 2.45) is 0 Å². The maximum atomic E-state index is 12.1. The van der Waals surface area contributed by atoms with Crippen LogP contribution in [0.1, 0.15) is 11.3 Å². The molecule has 28 heavy (non-hydrogen) atoms.